The van der Waals surface area contributed by atoms with Gasteiger partial charge in [0, 0.05) is 44.0 Å². The van der Waals surface area contributed by atoms with Gasteiger partial charge in [-0.05, 0) is 34.9 Å². The van der Waals surface area contributed by atoms with Crippen LogP contribution in [0.1, 0.15) is 34.5 Å². The molecule has 5 rings (SSSR count). The molecule has 30 heavy (non-hydrogen) atoms. The second kappa shape index (κ2) is 7.28. The average Bonchev–Trinajstić information content (AvgIpc) is 3.32. The number of nitrogens with zero attached hydrogens (tertiary/aromatic N) is 2. The van der Waals surface area contributed by atoms with Crippen molar-refractivity contribution in [1.82, 2.24) is 9.80 Å². The summed E-state index contributed by atoms with van der Waals surface area (Å²) in [5.41, 5.74) is 3.15. The molecular weight excluding hydrogens is 372 g/mol. The van der Waals surface area contributed by atoms with Gasteiger partial charge >= 0.3 is 0 Å². The van der Waals surface area contributed by atoms with E-state index in [-0.39, 0.29) is 23.8 Å². The minimum Gasteiger partial charge on any atom is -0.342 e. The lowest BCUT2D eigenvalue weighted by Gasteiger charge is -2.31. The summed E-state index contributed by atoms with van der Waals surface area (Å²) in [6.45, 7) is 5.90. The van der Waals surface area contributed by atoms with E-state index in [4.69, 9.17) is 0 Å². The first-order valence-electron chi connectivity index (χ1n) is 10.6. The number of rotatable bonds is 2. The number of carbonyl (C=O) groups is 2. The Morgan fingerprint density at radius 2 is 1.60 bits per heavy atom. The van der Waals surface area contributed by atoms with Gasteiger partial charge in [0.1, 0.15) is 0 Å². The third-order valence-corrected chi connectivity index (χ3v) is 6.90. The van der Waals surface area contributed by atoms with Crippen LogP contribution in [0.2, 0.25) is 0 Å². The van der Waals surface area contributed by atoms with Crippen molar-refractivity contribution < 1.29 is 9.59 Å². The van der Waals surface area contributed by atoms with Crippen LogP contribution >= 0.6 is 0 Å². The number of likely N-dealkylation sites (tertiary alicyclic amines) is 2. The van der Waals surface area contributed by atoms with Crippen LogP contribution in [0.25, 0.3) is 10.8 Å². The number of hydrogen-bond donors (Lipinski definition) is 0. The summed E-state index contributed by atoms with van der Waals surface area (Å²) in [6.07, 6.45) is 0. The van der Waals surface area contributed by atoms with Crippen LogP contribution in [0.3, 0.4) is 0 Å². The number of amides is 2. The molecule has 4 heteroatoms. The van der Waals surface area contributed by atoms with Crippen LogP contribution in [0.4, 0.5) is 0 Å². The maximum Gasteiger partial charge on any atom is 0.255 e. The quantitative estimate of drug-likeness (QED) is 0.640. The van der Waals surface area contributed by atoms with Crippen molar-refractivity contribution in [3.63, 3.8) is 0 Å². The van der Waals surface area contributed by atoms with Gasteiger partial charge in [0.05, 0.1) is 6.04 Å². The zero-order valence-electron chi connectivity index (χ0n) is 17.4. The molecule has 0 bridgehead atoms. The standard InChI is InChI=1S/C26H26N2O2/c1-17-8-3-5-11-21(17)25-24-16-27(18(2)29)14-20(24)15-28(25)26(30)23-13-7-10-19-9-4-6-12-22(19)23/h3-13,20,24-25H,14-16H2,1-2H3/t20-,24-,25+/m0/s1. The molecule has 0 aliphatic carbocycles. The molecule has 0 spiro atoms. The first-order valence-corrected chi connectivity index (χ1v) is 10.6. The van der Waals surface area contributed by atoms with E-state index in [1.54, 1.807) is 6.92 Å². The number of aryl methyl sites for hydroxylation is 1. The van der Waals surface area contributed by atoms with E-state index in [1.165, 1.54) is 11.1 Å². The van der Waals surface area contributed by atoms with E-state index >= 15 is 0 Å². The monoisotopic (exact) mass is 398 g/mol. The fourth-order valence-electron chi connectivity index (χ4n) is 5.39. The van der Waals surface area contributed by atoms with E-state index in [0.29, 0.717) is 12.5 Å². The van der Waals surface area contributed by atoms with Gasteiger partial charge in [-0.15, -0.1) is 0 Å². The Labute approximate surface area is 177 Å². The van der Waals surface area contributed by atoms with E-state index < -0.39 is 0 Å². The van der Waals surface area contributed by atoms with Gasteiger partial charge in [-0.2, -0.15) is 0 Å². The lowest BCUT2D eigenvalue weighted by molar-refractivity contribution is -0.128. The van der Waals surface area contributed by atoms with Gasteiger partial charge < -0.3 is 9.80 Å². The van der Waals surface area contributed by atoms with Crippen LogP contribution in [0.15, 0.2) is 66.7 Å². The van der Waals surface area contributed by atoms with E-state index in [0.717, 1.165) is 29.4 Å². The minimum absolute atomic E-state index is 0.00739. The Morgan fingerprint density at radius 3 is 2.40 bits per heavy atom. The molecule has 2 heterocycles. The summed E-state index contributed by atoms with van der Waals surface area (Å²) in [5.74, 6) is 0.801. The summed E-state index contributed by atoms with van der Waals surface area (Å²) in [4.78, 5) is 29.9. The van der Waals surface area contributed by atoms with Crippen molar-refractivity contribution in [2.45, 2.75) is 19.9 Å². The second-order valence-electron chi connectivity index (χ2n) is 8.63. The molecule has 2 fully saturated rings. The molecule has 4 nitrogen and oxygen atoms in total. The molecule has 2 aliphatic heterocycles. The van der Waals surface area contributed by atoms with Crippen LogP contribution in [-0.4, -0.2) is 41.2 Å². The Hall–Kier alpha value is -3.14. The molecule has 0 unspecified atom stereocenters. The summed E-state index contributed by atoms with van der Waals surface area (Å²) in [6, 6.07) is 22.4. The zero-order chi connectivity index (χ0) is 20.8. The van der Waals surface area contributed by atoms with Crippen molar-refractivity contribution >= 4 is 22.6 Å². The lowest BCUT2D eigenvalue weighted by atomic mass is 9.87. The van der Waals surface area contributed by atoms with Crippen molar-refractivity contribution in [3.8, 4) is 0 Å². The molecule has 0 aromatic heterocycles. The predicted octanol–water partition coefficient (Wildman–Crippen LogP) is 4.44. The summed E-state index contributed by atoms with van der Waals surface area (Å²) in [7, 11) is 0. The Kier molecular flexibility index (Phi) is 4.58. The average molecular weight is 399 g/mol. The summed E-state index contributed by atoms with van der Waals surface area (Å²) < 4.78 is 0. The number of hydrogen-bond acceptors (Lipinski definition) is 2. The van der Waals surface area contributed by atoms with Crippen molar-refractivity contribution in [2.75, 3.05) is 19.6 Å². The maximum absolute atomic E-state index is 13.8. The molecule has 0 saturated carbocycles. The van der Waals surface area contributed by atoms with Gasteiger partial charge in [0.15, 0.2) is 0 Å². The Bertz CT molecular complexity index is 1130. The fraction of sp³-hybridized carbons (Fsp3) is 0.308. The van der Waals surface area contributed by atoms with Crippen LogP contribution in [0, 0.1) is 18.8 Å². The largest absolute Gasteiger partial charge is 0.342 e. The van der Waals surface area contributed by atoms with E-state index in [1.807, 2.05) is 59.5 Å². The summed E-state index contributed by atoms with van der Waals surface area (Å²) >= 11 is 0. The topological polar surface area (TPSA) is 40.6 Å². The predicted molar refractivity (Wildman–Crippen MR) is 118 cm³/mol. The van der Waals surface area contributed by atoms with Gasteiger partial charge in [0.25, 0.3) is 5.91 Å². The van der Waals surface area contributed by atoms with Gasteiger partial charge in [-0.3, -0.25) is 9.59 Å². The third kappa shape index (κ3) is 2.98. The van der Waals surface area contributed by atoms with Crippen LogP contribution in [0.5, 0.6) is 0 Å². The molecular formula is C26H26N2O2. The number of carbonyl (C=O) groups excluding carboxylic acids is 2. The molecule has 0 radical (unpaired) electrons. The third-order valence-electron chi connectivity index (χ3n) is 6.90. The highest BCUT2D eigenvalue weighted by Crippen LogP contribution is 2.46. The highest BCUT2D eigenvalue weighted by atomic mass is 16.2. The maximum atomic E-state index is 13.8. The fourth-order valence-corrected chi connectivity index (χ4v) is 5.39. The summed E-state index contributed by atoms with van der Waals surface area (Å²) in [5, 5.41) is 2.08. The van der Waals surface area contributed by atoms with Gasteiger partial charge in [-0.25, -0.2) is 0 Å². The highest BCUT2D eigenvalue weighted by Gasteiger charge is 2.50. The lowest BCUT2D eigenvalue weighted by Crippen LogP contribution is -2.37. The molecule has 3 aromatic rings. The molecule has 2 aliphatic rings. The van der Waals surface area contributed by atoms with Crippen LogP contribution in [-0.2, 0) is 4.79 Å². The van der Waals surface area contributed by atoms with Gasteiger partial charge in [-0.1, -0.05) is 60.7 Å². The molecule has 152 valence electrons. The van der Waals surface area contributed by atoms with Crippen molar-refractivity contribution in [1.29, 1.82) is 0 Å². The van der Waals surface area contributed by atoms with E-state index in [9.17, 15) is 9.59 Å². The molecule has 3 atom stereocenters. The minimum atomic E-state index is -0.00739. The number of fused-ring (bicyclic) bond motifs is 2. The Balaban J connectivity index is 1.58. The second-order valence-corrected chi connectivity index (χ2v) is 8.63. The smallest absolute Gasteiger partial charge is 0.255 e. The Morgan fingerprint density at radius 1 is 0.867 bits per heavy atom. The first-order chi connectivity index (χ1) is 14.5. The number of benzene rings is 3. The van der Waals surface area contributed by atoms with Crippen LogP contribution < -0.4 is 0 Å². The SMILES string of the molecule is CC(=O)N1C[C@H]2CN(C(=O)c3cccc4ccccc34)[C@H](c3ccccc3C)[C@H]2C1. The van der Waals surface area contributed by atoms with E-state index in [2.05, 4.69) is 24.0 Å². The van der Waals surface area contributed by atoms with Gasteiger partial charge in [0.2, 0.25) is 5.91 Å². The highest BCUT2D eigenvalue weighted by molar-refractivity contribution is 6.07. The van der Waals surface area contributed by atoms with Crippen molar-refractivity contribution in [3.05, 3.63) is 83.4 Å². The normalized spacial score (nSPS) is 23.1. The molecule has 0 N–H and O–H groups in total. The molecule has 2 amide bonds. The molecule has 3 aromatic carbocycles. The zero-order valence-corrected chi connectivity index (χ0v) is 17.4. The molecule has 2 saturated heterocycles. The first kappa shape index (κ1) is 18.9. The van der Waals surface area contributed by atoms with Crippen molar-refractivity contribution in [2.24, 2.45) is 11.8 Å².